The van der Waals surface area contributed by atoms with E-state index in [-0.39, 0.29) is 0 Å². The lowest BCUT2D eigenvalue weighted by atomic mass is 10.5. The first-order valence-electron chi connectivity index (χ1n) is 3.33. The van der Waals surface area contributed by atoms with Gasteiger partial charge in [-0.25, -0.2) is 0 Å². The van der Waals surface area contributed by atoms with Crippen molar-refractivity contribution in [2.75, 3.05) is 28.2 Å². The van der Waals surface area contributed by atoms with E-state index in [0.717, 1.165) is 4.48 Å². The highest BCUT2D eigenvalue weighted by Gasteiger charge is 1.92. The predicted molar refractivity (Wildman–Crippen MR) is 41.2 cm³/mol. The maximum absolute atomic E-state index is 9.39. The molecule has 0 rings (SSSR count). The standard InChI is InChI=1S/C4H12N.C3H4O4/c1-5(2,3)4;4-2(5)1-3(6)7/h1-4H3;1H2,(H,4,5)(H,6,7)/q+1;/p-1. The lowest BCUT2D eigenvalue weighted by Gasteiger charge is -2.14. The summed E-state index contributed by atoms with van der Waals surface area (Å²) < 4.78 is 1.00. The summed E-state index contributed by atoms with van der Waals surface area (Å²) in [7, 11) is 8.50. The maximum Gasteiger partial charge on any atom is 0.309 e. The van der Waals surface area contributed by atoms with Crippen LogP contribution >= 0.6 is 0 Å². The minimum atomic E-state index is -1.56. The molecule has 0 spiro atoms. The molecule has 0 radical (unpaired) electrons. The van der Waals surface area contributed by atoms with Crippen molar-refractivity contribution >= 4 is 11.9 Å². The Labute approximate surface area is 71.8 Å². The summed E-state index contributed by atoms with van der Waals surface area (Å²) in [6.07, 6.45) is -0.917. The SMILES string of the molecule is C[N+](C)(C)C.O=C([O-])CC(=O)O. The number of aliphatic carboxylic acids is 2. The van der Waals surface area contributed by atoms with Crippen LogP contribution in [0.25, 0.3) is 0 Å². The van der Waals surface area contributed by atoms with Crippen LogP contribution in [0.2, 0.25) is 0 Å². The zero-order chi connectivity index (χ0) is 10.4. The van der Waals surface area contributed by atoms with Crippen LogP contribution in [0.3, 0.4) is 0 Å². The maximum atomic E-state index is 9.39. The number of quaternary nitrogens is 1. The number of carboxylic acids is 2. The molecule has 0 unspecified atom stereocenters. The van der Waals surface area contributed by atoms with Gasteiger partial charge in [0.05, 0.1) is 40.6 Å². The number of hydrogen-bond donors (Lipinski definition) is 1. The van der Waals surface area contributed by atoms with Crippen molar-refractivity contribution in [3.8, 4) is 0 Å². The fourth-order valence-electron chi connectivity index (χ4n) is 0.123. The smallest absolute Gasteiger partial charge is 0.309 e. The van der Waals surface area contributed by atoms with E-state index >= 15 is 0 Å². The fraction of sp³-hybridized carbons (Fsp3) is 0.714. The Morgan fingerprint density at radius 3 is 1.50 bits per heavy atom. The number of nitrogens with zero attached hydrogens (tertiary/aromatic N) is 1. The second kappa shape index (κ2) is 5.54. The van der Waals surface area contributed by atoms with Gasteiger partial charge in [0, 0.05) is 0 Å². The van der Waals surface area contributed by atoms with E-state index in [0.29, 0.717) is 0 Å². The van der Waals surface area contributed by atoms with Crippen LogP contribution in [0.1, 0.15) is 6.42 Å². The molecule has 0 saturated carbocycles. The predicted octanol–water partition coefficient (Wildman–Crippen LogP) is -1.47. The van der Waals surface area contributed by atoms with Gasteiger partial charge in [-0.1, -0.05) is 0 Å². The van der Waals surface area contributed by atoms with E-state index in [2.05, 4.69) is 28.2 Å². The number of hydrogen-bond acceptors (Lipinski definition) is 3. The minimum absolute atomic E-state index is 0.917. The number of carbonyl (C=O) groups is 2. The van der Waals surface area contributed by atoms with Crippen molar-refractivity contribution in [1.29, 1.82) is 0 Å². The zero-order valence-electron chi connectivity index (χ0n) is 7.83. The van der Waals surface area contributed by atoms with Gasteiger partial charge in [0.2, 0.25) is 0 Å². The van der Waals surface area contributed by atoms with Crippen molar-refractivity contribution in [1.82, 2.24) is 0 Å². The van der Waals surface area contributed by atoms with Crippen molar-refractivity contribution in [3.05, 3.63) is 0 Å². The molecule has 0 aliphatic carbocycles. The molecule has 0 atom stereocenters. The molecule has 0 aliphatic rings. The van der Waals surface area contributed by atoms with Gasteiger partial charge in [-0.15, -0.1) is 0 Å². The first kappa shape index (κ1) is 13.5. The highest BCUT2D eigenvalue weighted by molar-refractivity contribution is 5.87. The van der Waals surface area contributed by atoms with Gasteiger partial charge in [0.15, 0.2) is 0 Å². The third-order valence-electron chi connectivity index (χ3n) is 0.296. The molecule has 0 aliphatic heterocycles. The van der Waals surface area contributed by atoms with Crippen LogP contribution in [0, 0.1) is 0 Å². The molecule has 0 amide bonds. The van der Waals surface area contributed by atoms with Gasteiger partial charge >= 0.3 is 5.97 Å². The van der Waals surface area contributed by atoms with E-state index in [9.17, 15) is 14.7 Å². The molecule has 72 valence electrons. The molecule has 0 aromatic carbocycles. The summed E-state index contributed by atoms with van der Waals surface area (Å²) >= 11 is 0. The van der Waals surface area contributed by atoms with Crippen LogP contribution in [0.15, 0.2) is 0 Å². The van der Waals surface area contributed by atoms with Gasteiger partial charge in [0.25, 0.3) is 0 Å². The lowest BCUT2D eigenvalue weighted by Crippen LogP contribution is -2.27. The Hall–Kier alpha value is -1.10. The number of rotatable bonds is 2. The van der Waals surface area contributed by atoms with E-state index in [1.54, 1.807) is 0 Å². The number of carbonyl (C=O) groups excluding carboxylic acids is 1. The second-order valence-corrected chi connectivity index (χ2v) is 3.63. The van der Waals surface area contributed by atoms with Crippen LogP contribution in [-0.4, -0.2) is 49.7 Å². The molecular weight excluding hydrogens is 162 g/mol. The Morgan fingerprint density at radius 1 is 1.25 bits per heavy atom. The molecule has 12 heavy (non-hydrogen) atoms. The largest absolute Gasteiger partial charge is 0.550 e. The van der Waals surface area contributed by atoms with Crippen LogP contribution in [-0.2, 0) is 9.59 Å². The quantitative estimate of drug-likeness (QED) is 0.413. The normalized spacial score (nSPS) is 9.67. The summed E-state index contributed by atoms with van der Waals surface area (Å²) in [4.78, 5) is 18.7. The average Bonchev–Trinajstić information content (AvgIpc) is 1.52. The summed E-state index contributed by atoms with van der Waals surface area (Å²) in [5.41, 5.74) is 0. The molecule has 0 aromatic rings. The molecule has 1 N–H and O–H groups in total. The highest BCUT2D eigenvalue weighted by atomic mass is 16.4. The van der Waals surface area contributed by atoms with Gasteiger partial charge in [0.1, 0.15) is 0 Å². The van der Waals surface area contributed by atoms with E-state index in [1.807, 2.05) is 0 Å². The van der Waals surface area contributed by atoms with Gasteiger partial charge in [-0.2, -0.15) is 0 Å². The molecule has 0 aromatic heterocycles. The molecule has 0 saturated heterocycles. The Kier molecular flexibility index (Phi) is 6.22. The molecule has 0 heterocycles. The van der Waals surface area contributed by atoms with Crippen LogP contribution < -0.4 is 5.11 Å². The van der Waals surface area contributed by atoms with Crippen molar-refractivity contribution in [2.45, 2.75) is 6.42 Å². The van der Waals surface area contributed by atoms with Crippen molar-refractivity contribution < 1.29 is 24.3 Å². The van der Waals surface area contributed by atoms with E-state index in [1.165, 1.54) is 0 Å². The number of carboxylic acid groups (broad SMARTS) is 2. The lowest BCUT2D eigenvalue weighted by molar-refractivity contribution is -0.849. The monoisotopic (exact) mass is 177 g/mol. The Bertz CT molecular complexity index is 141. The molecule has 0 fully saturated rings. The summed E-state index contributed by atoms with van der Waals surface area (Å²) in [5.74, 6) is -2.94. The van der Waals surface area contributed by atoms with Gasteiger partial charge < -0.3 is 19.5 Å². The van der Waals surface area contributed by atoms with Crippen LogP contribution in [0.4, 0.5) is 0 Å². The minimum Gasteiger partial charge on any atom is -0.550 e. The molecule has 5 heteroatoms. The third kappa shape index (κ3) is 66.0. The van der Waals surface area contributed by atoms with Gasteiger partial charge in [-0.05, 0) is 0 Å². The van der Waals surface area contributed by atoms with Crippen LogP contribution in [0.5, 0.6) is 0 Å². The van der Waals surface area contributed by atoms with Gasteiger partial charge in [-0.3, -0.25) is 4.79 Å². The topological polar surface area (TPSA) is 77.4 Å². The van der Waals surface area contributed by atoms with E-state index in [4.69, 9.17) is 5.11 Å². The molecule has 0 bridgehead atoms. The first-order valence-corrected chi connectivity index (χ1v) is 3.33. The second-order valence-electron chi connectivity index (χ2n) is 3.63. The summed E-state index contributed by atoms with van der Waals surface area (Å²) in [6.45, 7) is 0. The summed E-state index contributed by atoms with van der Waals surface area (Å²) in [6, 6.07) is 0. The Morgan fingerprint density at radius 2 is 1.50 bits per heavy atom. The average molecular weight is 177 g/mol. The highest BCUT2D eigenvalue weighted by Crippen LogP contribution is 1.73. The Balaban J connectivity index is 0. The van der Waals surface area contributed by atoms with Crippen molar-refractivity contribution in [3.63, 3.8) is 0 Å². The van der Waals surface area contributed by atoms with E-state index < -0.39 is 18.4 Å². The fourth-order valence-corrected chi connectivity index (χ4v) is 0.123. The third-order valence-corrected chi connectivity index (χ3v) is 0.296. The van der Waals surface area contributed by atoms with Crippen molar-refractivity contribution in [2.24, 2.45) is 0 Å². The zero-order valence-corrected chi connectivity index (χ0v) is 7.83. The molecule has 5 nitrogen and oxygen atoms in total. The molecular formula is C7H15NO4. The summed E-state index contributed by atoms with van der Waals surface area (Å²) in [5, 5.41) is 17.0. The first-order chi connectivity index (χ1) is 5.13.